The minimum atomic E-state index is -0.549. The molecule has 0 bridgehead atoms. The van der Waals surface area contributed by atoms with Gasteiger partial charge in [0, 0.05) is 32.4 Å². The van der Waals surface area contributed by atoms with E-state index in [1.165, 1.54) is 23.5 Å². The van der Waals surface area contributed by atoms with E-state index in [9.17, 15) is 9.59 Å². The molecule has 4 rings (SSSR count). The zero-order valence-corrected chi connectivity index (χ0v) is 19.2. The van der Waals surface area contributed by atoms with E-state index >= 15 is 4.39 Å². The van der Waals surface area contributed by atoms with Crippen LogP contribution in [0.1, 0.15) is 25.3 Å². The Labute approximate surface area is 199 Å². The first-order valence-electron chi connectivity index (χ1n) is 11.6. The number of carbonyl (C=O) groups is 2. The standard InChI is InChI=1S/C26H29FN4O3/c1-18(32)29-16-22-17-31(26(33)34-22)21-8-9-25(23(27)15-21)30-12-10-20(11-13-30)24(28-2)14-19-6-4-3-5-7-19/h3-9,15,20,22,24H,10-14,16-17H2,1H3,(H,29,32)/t22-,24?/m0/s1. The van der Waals surface area contributed by atoms with Crippen LogP contribution in [-0.2, 0) is 16.0 Å². The molecule has 34 heavy (non-hydrogen) atoms. The Morgan fingerprint density at radius 3 is 2.62 bits per heavy atom. The molecule has 2 aromatic carbocycles. The summed E-state index contributed by atoms with van der Waals surface area (Å²) in [7, 11) is 0. The van der Waals surface area contributed by atoms with Gasteiger partial charge in [0.1, 0.15) is 11.9 Å². The van der Waals surface area contributed by atoms with Crippen LogP contribution in [0.3, 0.4) is 0 Å². The Morgan fingerprint density at radius 2 is 1.97 bits per heavy atom. The molecule has 1 N–H and O–H groups in total. The van der Waals surface area contributed by atoms with Crippen LogP contribution in [0, 0.1) is 18.3 Å². The van der Waals surface area contributed by atoms with Crippen LogP contribution in [0.5, 0.6) is 0 Å². The first kappa shape index (κ1) is 23.6. The number of amides is 2. The van der Waals surface area contributed by atoms with Gasteiger partial charge in [0.15, 0.2) is 0 Å². The van der Waals surface area contributed by atoms with Crippen LogP contribution in [0.4, 0.5) is 20.6 Å². The Morgan fingerprint density at radius 1 is 1.24 bits per heavy atom. The molecule has 2 atom stereocenters. The average molecular weight is 465 g/mol. The largest absolute Gasteiger partial charge is 0.442 e. The second-order valence-electron chi connectivity index (χ2n) is 8.90. The number of nitrogens with one attached hydrogen (secondary N) is 1. The summed E-state index contributed by atoms with van der Waals surface area (Å²) >= 11 is 0. The van der Waals surface area contributed by atoms with Gasteiger partial charge in [-0.3, -0.25) is 9.69 Å². The summed E-state index contributed by atoms with van der Waals surface area (Å²) in [5, 5.41) is 2.63. The first-order valence-corrected chi connectivity index (χ1v) is 11.6. The number of nitrogens with zero attached hydrogens (tertiary/aromatic N) is 3. The van der Waals surface area contributed by atoms with Gasteiger partial charge in [0.2, 0.25) is 11.9 Å². The van der Waals surface area contributed by atoms with Crippen molar-refractivity contribution in [3.05, 3.63) is 71.3 Å². The molecule has 0 spiro atoms. The lowest BCUT2D eigenvalue weighted by molar-refractivity contribution is -0.119. The highest BCUT2D eigenvalue weighted by molar-refractivity contribution is 5.90. The summed E-state index contributed by atoms with van der Waals surface area (Å²) in [4.78, 5) is 30.6. The summed E-state index contributed by atoms with van der Waals surface area (Å²) in [6.07, 6.45) is 1.40. The maximum Gasteiger partial charge on any atom is 0.414 e. The zero-order chi connectivity index (χ0) is 24.1. The second-order valence-corrected chi connectivity index (χ2v) is 8.90. The highest BCUT2D eigenvalue weighted by Gasteiger charge is 2.34. The van der Waals surface area contributed by atoms with Crippen molar-refractivity contribution in [2.75, 3.05) is 36.0 Å². The lowest BCUT2D eigenvalue weighted by Crippen LogP contribution is -2.38. The van der Waals surface area contributed by atoms with Crippen molar-refractivity contribution in [3.8, 4) is 0 Å². The van der Waals surface area contributed by atoms with E-state index in [-0.39, 0.29) is 36.8 Å². The van der Waals surface area contributed by atoms with Crippen LogP contribution >= 0.6 is 0 Å². The lowest BCUT2D eigenvalue weighted by atomic mass is 9.86. The zero-order valence-electron chi connectivity index (χ0n) is 19.2. The number of ether oxygens (including phenoxy) is 1. The molecule has 2 fully saturated rings. The maximum absolute atomic E-state index is 15.0. The number of cyclic esters (lactones) is 1. The Balaban J connectivity index is 1.35. The van der Waals surface area contributed by atoms with Gasteiger partial charge < -0.3 is 19.8 Å². The molecule has 0 radical (unpaired) electrons. The third-order valence-electron chi connectivity index (χ3n) is 6.57. The summed E-state index contributed by atoms with van der Waals surface area (Å²) in [5.74, 6) is -0.298. The number of rotatable bonds is 7. The number of halogens is 1. The molecular formula is C26H29FN4O3. The molecule has 2 aliphatic rings. The highest BCUT2D eigenvalue weighted by atomic mass is 19.1. The SMILES string of the molecule is [C-]#[N+]C(Cc1ccccc1)C1CCN(c2ccc(N3C[C@H](CNC(C)=O)OC3=O)cc2F)CC1. The summed E-state index contributed by atoms with van der Waals surface area (Å²) in [6, 6.07) is 14.8. The normalized spacial score (nSPS) is 19.4. The van der Waals surface area contributed by atoms with E-state index in [4.69, 9.17) is 11.3 Å². The van der Waals surface area contributed by atoms with Crippen molar-refractivity contribution in [1.82, 2.24) is 5.32 Å². The van der Waals surface area contributed by atoms with Gasteiger partial charge in [-0.1, -0.05) is 30.3 Å². The molecule has 2 aliphatic heterocycles. The molecule has 2 amide bonds. The molecule has 2 saturated heterocycles. The van der Waals surface area contributed by atoms with E-state index in [2.05, 4.69) is 22.3 Å². The lowest BCUT2D eigenvalue weighted by Gasteiger charge is -2.34. The average Bonchev–Trinajstić information content (AvgIpc) is 3.22. The van der Waals surface area contributed by atoms with Crippen molar-refractivity contribution in [3.63, 3.8) is 0 Å². The predicted octanol–water partition coefficient (Wildman–Crippen LogP) is 4.03. The maximum atomic E-state index is 15.0. The fourth-order valence-corrected chi connectivity index (χ4v) is 4.71. The van der Waals surface area contributed by atoms with Gasteiger partial charge in [-0.2, -0.15) is 0 Å². The van der Waals surface area contributed by atoms with Crippen molar-refractivity contribution in [2.45, 2.75) is 38.3 Å². The van der Waals surface area contributed by atoms with E-state index in [1.54, 1.807) is 12.1 Å². The molecule has 0 aliphatic carbocycles. The van der Waals surface area contributed by atoms with Crippen LogP contribution in [-0.4, -0.2) is 50.3 Å². The molecule has 7 nitrogen and oxygen atoms in total. The van der Waals surface area contributed by atoms with Gasteiger partial charge in [0.25, 0.3) is 0 Å². The highest BCUT2D eigenvalue weighted by Crippen LogP contribution is 2.32. The topological polar surface area (TPSA) is 66.2 Å². The van der Waals surface area contributed by atoms with Crippen LogP contribution < -0.4 is 15.1 Å². The van der Waals surface area contributed by atoms with E-state index in [0.29, 0.717) is 24.5 Å². The third kappa shape index (κ3) is 5.48. The van der Waals surface area contributed by atoms with Crippen molar-refractivity contribution in [2.24, 2.45) is 5.92 Å². The van der Waals surface area contributed by atoms with E-state index < -0.39 is 12.2 Å². The number of hydrogen-bond acceptors (Lipinski definition) is 4. The van der Waals surface area contributed by atoms with Gasteiger partial charge in [0.05, 0.1) is 24.5 Å². The summed E-state index contributed by atoms with van der Waals surface area (Å²) in [5.41, 5.74) is 2.11. The van der Waals surface area contributed by atoms with Crippen LogP contribution in [0.2, 0.25) is 0 Å². The number of carbonyl (C=O) groups excluding carboxylic acids is 2. The molecular weight excluding hydrogens is 435 g/mol. The first-order chi connectivity index (χ1) is 16.4. The van der Waals surface area contributed by atoms with Gasteiger partial charge in [-0.25, -0.2) is 15.8 Å². The number of piperidine rings is 1. The molecule has 1 unspecified atom stereocenters. The Hall–Kier alpha value is -3.60. The Bertz CT molecular complexity index is 1060. The number of hydrogen-bond donors (Lipinski definition) is 1. The molecule has 178 valence electrons. The second kappa shape index (κ2) is 10.6. The van der Waals surface area contributed by atoms with E-state index in [1.807, 2.05) is 23.1 Å². The predicted molar refractivity (Wildman–Crippen MR) is 128 cm³/mol. The minimum absolute atomic E-state index is 0.0663. The molecule has 0 saturated carbocycles. The summed E-state index contributed by atoms with van der Waals surface area (Å²) < 4.78 is 20.3. The molecule has 8 heteroatoms. The van der Waals surface area contributed by atoms with Crippen molar-refractivity contribution in [1.29, 1.82) is 0 Å². The van der Waals surface area contributed by atoms with Gasteiger partial charge in [-0.15, -0.1) is 0 Å². The molecule has 2 aromatic rings. The smallest absolute Gasteiger partial charge is 0.414 e. The third-order valence-corrected chi connectivity index (χ3v) is 6.57. The number of benzene rings is 2. The van der Waals surface area contributed by atoms with Crippen LogP contribution in [0.25, 0.3) is 4.85 Å². The van der Waals surface area contributed by atoms with E-state index in [0.717, 1.165) is 19.3 Å². The fourth-order valence-electron chi connectivity index (χ4n) is 4.71. The van der Waals surface area contributed by atoms with Crippen molar-refractivity contribution >= 4 is 23.4 Å². The number of anilines is 2. The fraction of sp³-hybridized carbons (Fsp3) is 0.423. The van der Waals surface area contributed by atoms with Gasteiger partial charge in [-0.05, 0) is 36.6 Å². The summed E-state index contributed by atoms with van der Waals surface area (Å²) in [6.45, 7) is 10.9. The van der Waals surface area contributed by atoms with Crippen LogP contribution in [0.15, 0.2) is 48.5 Å². The van der Waals surface area contributed by atoms with Crippen molar-refractivity contribution < 1.29 is 18.7 Å². The minimum Gasteiger partial charge on any atom is -0.442 e. The Kier molecular flexibility index (Phi) is 7.31. The van der Waals surface area contributed by atoms with Gasteiger partial charge >= 0.3 is 6.09 Å². The quantitative estimate of drug-likeness (QED) is 0.629. The monoisotopic (exact) mass is 464 g/mol. The molecule has 2 heterocycles. The molecule has 0 aromatic heterocycles.